The summed E-state index contributed by atoms with van der Waals surface area (Å²) in [5, 5.41) is 28.8. The van der Waals surface area contributed by atoms with Crippen LogP contribution in [0.4, 0.5) is 22.7 Å². The van der Waals surface area contributed by atoms with Gasteiger partial charge in [0.1, 0.15) is 17.9 Å². The summed E-state index contributed by atoms with van der Waals surface area (Å²) in [5.74, 6) is 0.512. The number of hydrogen-bond acceptors (Lipinski definition) is 14. The first kappa shape index (κ1) is 49.1. The third kappa shape index (κ3) is 9.44. The van der Waals surface area contributed by atoms with E-state index in [-0.39, 0.29) is 29.6 Å². The monoisotopic (exact) mass is 970 g/mol. The first-order valence-electron chi connectivity index (χ1n) is 24.3. The number of fused-ring (bicyclic) bond motifs is 4. The van der Waals surface area contributed by atoms with E-state index in [0.29, 0.717) is 115 Å². The summed E-state index contributed by atoms with van der Waals surface area (Å²) in [5.41, 5.74) is 2.89. The van der Waals surface area contributed by atoms with E-state index < -0.39 is 32.1 Å². The van der Waals surface area contributed by atoms with E-state index in [9.17, 15) is 29.8 Å². The number of hydrogen-bond donors (Lipinski definition) is 2. The van der Waals surface area contributed by atoms with E-state index in [2.05, 4.69) is 82.2 Å². The summed E-state index contributed by atoms with van der Waals surface area (Å²) in [6, 6.07) is 25.9. The molecule has 0 bridgehead atoms. The van der Waals surface area contributed by atoms with Crippen LogP contribution in [0.3, 0.4) is 0 Å². The zero-order valence-electron chi connectivity index (χ0n) is 40.8. The molecule has 18 nitrogen and oxygen atoms in total. The minimum absolute atomic E-state index is 0.00640. The van der Waals surface area contributed by atoms with Gasteiger partial charge in [0.2, 0.25) is 23.3 Å². The van der Waals surface area contributed by atoms with Crippen molar-refractivity contribution in [2.24, 2.45) is 0 Å². The van der Waals surface area contributed by atoms with Crippen molar-refractivity contribution in [3.8, 4) is 11.5 Å². The van der Waals surface area contributed by atoms with Crippen molar-refractivity contribution in [3.05, 3.63) is 140 Å². The number of rotatable bonds is 14. The number of para-hydroxylation sites is 2. The Labute approximate surface area is 413 Å². The lowest BCUT2D eigenvalue weighted by Gasteiger charge is -2.47. The van der Waals surface area contributed by atoms with Crippen molar-refractivity contribution < 1.29 is 38.4 Å². The highest BCUT2D eigenvalue weighted by molar-refractivity contribution is 5.96. The molecular weight excluding hydrogens is 909 g/mol. The fraction of sp³-hybridized carbons (Fsp3) is 0.434. The Morgan fingerprint density at radius 1 is 0.577 bits per heavy atom. The van der Waals surface area contributed by atoms with Gasteiger partial charge in [-0.1, -0.05) is 36.4 Å². The molecule has 5 aliphatic heterocycles. The molecular formula is C53H62N8O10. The summed E-state index contributed by atoms with van der Waals surface area (Å²) < 4.78 is 26.5. The molecule has 9 rings (SSSR count). The number of benzene rings is 4. The number of non-ortho nitro benzene ring substituents is 2. The normalized spacial score (nSPS) is 22.5. The average molecular weight is 971 g/mol. The Morgan fingerprint density at radius 3 is 1.41 bits per heavy atom. The molecule has 5 aliphatic rings. The maximum absolute atomic E-state index is 12.6. The van der Waals surface area contributed by atoms with E-state index in [1.165, 1.54) is 24.3 Å². The summed E-state index contributed by atoms with van der Waals surface area (Å²) in [6.07, 6.45) is 7.62. The molecule has 0 radical (unpaired) electrons. The predicted octanol–water partition coefficient (Wildman–Crippen LogP) is 6.28. The van der Waals surface area contributed by atoms with Crippen molar-refractivity contribution in [3.63, 3.8) is 0 Å². The highest BCUT2D eigenvalue weighted by atomic mass is 16.6. The van der Waals surface area contributed by atoms with Gasteiger partial charge in [-0.15, -0.1) is 0 Å². The second-order valence-electron chi connectivity index (χ2n) is 19.6. The zero-order chi connectivity index (χ0) is 50.0. The Balaban J connectivity index is 0.813. The first-order valence-corrected chi connectivity index (χ1v) is 24.3. The SMILES string of the molecule is CC1(C)c2ccccc2N(CCOCCN2CCNC(=O)CC(=O)NCCN(CCOCCN3c4ccccc4C(C)(C)C34C=Cc3cc([N+](=O)[O-])ccc3O4)CC2)C12C=Cc1cc([N+](=O)[O-])ccc1O2. The van der Waals surface area contributed by atoms with E-state index >= 15 is 0 Å². The Kier molecular flexibility index (Phi) is 13.9. The lowest BCUT2D eigenvalue weighted by atomic mass is 9.76. The van der Waals surface area contributed by atoms with Crippen molar-refractivity contribution in [1.82, 2.24) is 20.4 Å². The molecule has 5 heterocycles. The summed E-state index contributed by atoms with van der Waals surface area (Å²) in [4.78, 5) is 56.5. The Bertz CT molecular complexity index is 2560. The lowest BCUT2D eigenvalue weighted by Crippen LogP contribution is -2.60. The van der Waals surface area contributed by atoms with Crippen LogP contribution >= 0.6 is 0 Å². The summed E-state index contributed by atoms with van der Waals surface area (Å²) in [7, 11) is 0. The van der Waals surface area contributed by atoms with Gasteiger partial charge in [-0.25, -0.2) is 0 Å². The maximum Gasteiger partial charge on any atom is 0.270 e. The number of anilines is 2. The summed E-state index contributed by atoms with van der Waals surface area (Å²) >= 11 is 0. The zero-order valence-corrected chi connectivity index (χ0v) is 40.8. The van der Waals surface area contributed by atoms with Crippen molar-refractivity contribution >= 4 is 46.7 Å². The highest BCUT2D eigenvalue weighted by Gasteiger charge is 2.60. The number of amides is 2. The van der Waals surface area contributed by atoms with Gasteiger partial charge >= 0.3 is 0 Å². The molecule has 1 saturated heterocycles. The summed E-state index contributed by atoms with van der Waals surface area (Å²) in [6.45, 7) is 15.8. The highest BCUT2D eigenvalue weighted by Crippen LogP contribution is 2.56. The lowest BCUT2D eigenvalue weighted by molar-refractivity contribution is -0.385. The van der Waals surface area contributed by atoms with Gasteiger partial charge in [-0.05, 0) is 87.4 Å². The molecule has 4 aromatic rings. The molecule has 1 fully saturated rings. The number of nitrogens with zero attached hydrogens (tertiary/aromatic N) is 6. The number of nitro groups is 2. The van der Waals surface area contributed by atoms with Gasteiger partial charge in [0.25, 0.3) is 11.4 Å². The molecule has 374 valence electrons. The minimum Gasteiger partial charge on any atom is -0.463 e. The van der Waals surface area contributed by atoms with Crippen LogP contribution in [0.15, 0.2) is 97.1 Å². The largest absolute Gasteiger partial charge is 0.463 e. The molecule has 2 atom stereocenters. The van der Waals surface area contributed by atoms with Crippen molar-refractivity contribution in [1.29, 1.82) is 0 Å². The van der Waals surface area contributed by atoms with Gasteiger partial charge in [0, 0.05) is 112 Å². The maximum atomic E-state index is 12.6. The van der Waals surface area contributed by atoms with E-state index in [1.54, 1.807) is 12.1 Å². The van der Waals surface area contributed by atoms with Crippen LogP contribution in [0, 0.1) is 20.2 Å². The van der Waals surface area contributed by atoms with Gasteiger partial charge in [-0.3, -0.25) is 39.6 Å². The molecule has 18 heteroatoms. The quantitative estimate of drug-likeness (QED) is 0.0621. The van der Waals surface area contributed by atoms with E-state index in [1.807, 2.05) is 48.6 Å². The van der Waals surface area contributed by atoms with Gasteiger partial charge in [0.15, 0.2) is 0 Å². The number of carbonyl (C=O) groups is 2. The topological polar surface area (TPSA) is 194 Å². The van der Waals surface area contributed by atoms with Crippen LogP contribution in [0.2, 0.25) is 0 Å². The minimum atomic E-state index is -0.901. The van der Waals surface area contributed by atoms with Crippen LogP contribution in [0.1, 0.15) is 56.4 Å². The fourth-order valence-electron chi connectivity index (χ4n) is 10.8. The van der Waals surface area contributed by atoms with Crippen LogP contribution in [0.25, 0.3) is 12.2 Å². The molecule has 0 saturated carbocycles. The Morgan fingerprint density at radius 2 is 0.986 bits per heavy atom. The molecule has 71 heavy (non-hydrogen) atoms. The second-order valence-corrected chi connectivity index (χ2v) is 19.6. The number of ether oxygens (including phenoxy) is 4. The van der Waals surface area contributed by atoms with Crippen LogP contribution in [-0.4, -0.2) is 135 Å². The van der Waals surface area contributed by atoms with Crippen LogP contribution in [0.5, 0.6) is 11.5 Å². The number of nitro benzene ring substituents is 2. The second kappa shape index (κ2) is 20.1. The number of nitrogens with one attached hydrogen (secondary N) is 2. The molecule has 2 unspecified atom stereocenters. The smallest absolute Gasteiger partial charge is 0.270 e. The Hall–Kier alpha value is -6.86. The van der Waals surface area contributed by atoms with Crippen LogP contribution in [-0.2, 0) is 29.9 Å². The molecule has 2 amide bonds. The van der Waals surface area contributed by atoms with E-state index in [4.69, 9.17) is 18.9 Å². The van der Waals surface area contributed by atoms with Gasteiger partial charge in [0.05, 0.1) is 47.1 Å². The first-order chi connectivity index (χ1) is 34.1. The molecule has 4 aromatic carbocycles. The van der Waals surface area contributed by atoms with E-state index in [0.717, 1.165) is 22.5 Å². The third-order valence-corrected chi connectivity index (χ3v) is 14.8. The van der Waals surface area contributed by atoms with Gasteiger partial charge in [-0.2, -0.15) is 0 Å². The average Bonchev–Trinajstić information content (AvgIpc) is 3.64. The molecule has 0 aliphatic carbocycles. The van der Waals surface area contributed by atoms with Crippen LogP contribution < -0.4 is 29.9 Å². The molecule has 0 aromatic heterocycles. The third-order valence-electron chi connectivity index (χ3n) is 14.8. The van der Waals surface area contributed by atoms with Crippen molar-refractivity contribution in [2.45, 2.75) is 56.4 Å². The predicted molar refractivity (Wildman–Crippen MR) is 270 cm³/mol. The fourth-order valence-corrected chi connectivity index (χ4v) is 10.8. The molecule has 2 N–H and O–H groups in total. The molecule has 2 spiro atoms. The van der Waals surface area contributed by atoms with Gasteiger partial charge < -0.3 is 39.4 Å². The van der Waals surface area contributed by atoms with Crippen molar-refractivity contribution in [2.75, 3.05) is 102 Å². The number of carbonyl (C=O) groups excluding carboxylic acids is 2. The standard InChI is InChI=1S/C53H62N8O10/c1-50(2)42-9-5-7-11-44(42)58(52(50)19-17-38-35-40(60(64)65)13-15-46(38)70-52)29-33-68-31-27-56-23-21-54-48(62)37-49(63)55-22-24-57(26-25-56)28-32-69-34-30-59-45-12-8-6-10-43(45)51(3,4)53(59)20-18-39-36-41(61(66)67)14-16-47(39)71-53/h5-20,35-36H,21-34,37H2,1-4H3,(H,54,62)(H,55,63).